The number of hydrogen-bond donors (Lipinski definition) is 0. The summed E-state index contributed by atoms with van der Waals surface area (Å²) in [5.74, 6) is -0.279. The number of fused-ring (bicyclic) bond motifs is 1. The summed E-state index contributed by atoms with van der Waals surface area (Å²) >= 11 is 0. The second-order valence-corrected chi connectivity index (χ2v) is 4.00. The van der Waals surface area contributed by atoms with E-state index in [9.17, 15) is 9.59 Å². The Balaban J connectivity index is 2.08. The Morgan fingerprint density at radius 1 is 0.929 bits per heavy atom. The van der Waals surface area contributed by atoms with Gasteiger partial charge in [-0.2, -0.15) is 0 Å². The van der Waals surface area contributed by atoms with E-state index < -0.39 is 0 Å². The number of carbonyl (C=O) groups excluding carboxylic acids is 2. The smallest absolute Gasteiger partial charge is 0.309 e. The van der Waals surface area contributed by atoms with E-state index in [0.717, 1.165) is 12.8 Å². The Morgan fingerprint density at radius 3 is 1.50 bits per heavy atom. The van der Waals surface area contributed by atoms with Crippen molar-refractivity contribution in [3.8, 4) is 0 Å². The normalized spacial score (nSPS) is 38.7. The zero-order valence-corrected chi connectivity index (χ0v) is 8.36. The molecule has 0 saturated heterocycles. The van der Waals surface area contributed by atoms with Crippen molar-refractivity contribution in [3.05, 3.63) is 0 Å². The van der Waals surface area contributed by atoms with Gasteiger partial charge in [0, 0.05) is 0 Å². The Hall–Kier alpha value is -1.06. The molecule has 4 heteroatoms. The molecule has 0 aromatic heterocycles. The second-order valence-electron chi connectivity index (χ2n) is 4.00. The maximum absolute atomic E-state index is 11.4. The van der Waals surface area contributed by atoms with E-state index >= 15 is 0 Å². The third kappa shape index (κ3) is 1.06. The van der Waals surface area contributed by atoms with Gasteiger partial charge in [-0.15, -0.1) is 0 Å². The Labute approximate surface area is 82.6 Å². The van der Waals surface area contributed by atoms with E-state index in [1.165, 1.54) is 14.2 Å². The molecule has 0 amide bonds. The van der Waals surface area contributed by atoms with Crippen molar-refractivity contribution in [2.24, 2.45) is 23.7 Å². The van der Waals surface area contributed by atoms with Crippen LogP contribution < -0.4 is 0 Å². The monoisotopic (exact) mass is 198 g/mol. The predicted octanol–water partition coefficient (Wildman–Crippen LogP) is 0.605. The van der Waals surface area contributed by atoms with Crippen molar-refractivity contribution in [2.75, 3.05) is 14.2 Å². The summed E-state index contributed by atoms with van der Waals surface area (Å²) < 4.78 is 9.37. The molecular formula is C10H14O4. The fraction of sp³-hybridized carbons (Fsp3) is 0.800. The summed E-state index contributed by atoms with van der Waals surface area (Å²) in [5.41, 5.74) is 0. The summed E-state index contributed by atoms with van der Waals surface area (Å²) in [5, 5.41) is 0. The highest BCUT2D eigenvalue weighted by atomic mass is 16.5. The Bertz CT molecular complexity index is 245. The van der Waals surface area contributed by atoms with Gasteiger partial charge in [-0.05, 0) is 24.7 Å². The quantitative estimate of drug-likeness (QED) is 0.610. The van der Waals surface area contributed by atoms with E-state index in [4.69, 9.17) is 0 Å². The highest BCUT2D eigenvalue weighted by Crippen LogP contribution is 2.58. The molecule has 0 bridgehead atoms. The van der Waals surface area contributed by atoms with Crippen LogP contribution in [0.5, 0.6) is 0 Å². The first-order valence-corrected chi connectivity index (χ1v) is 4.86. The first-order valence-electron chi connectivity index (χ1n) is 4.86. The maximum atomic E-state index is 11.4. The van der Waals surface area contributed by atoms with Gasteiger partial charge in [-0.1, -0.05) is 0 Å². The standard InChI is InChI=1S/C10H14O4/c1-13-9(11)7-5-3-4-6(5)8(7)10(12)14-2/h5-8H,3-4H2,1-2H3/t5-,6-,7-,8+/m0/s1. The number of methoxy groups -OCH3 is 2. The lowest BCUT2D eigenvalue weighted by atomic mass is 9.47. The van der Waals surface area contributed by atoms with Crippen molar-refractivity contribution in [2.45, 2.75) is 12.8 Å². The molecule has 4 nitrogen and oxygen atoms in total. The van der Waals surface area contributed by atoms with Gasteiger partial charge in [0.25, 0.3) is 0 Å². The van der Waals surface area contributed by atoms with E-state index in [1.54, 1.807) is 0 Å². The van der Waals surface area contributed by atoms with Gasteiger partial charge in [0.2, 0.25) is 0 Å². The first kappa shape index (κ1) is 9.49. The van der Waals surface area contributed by atoms with Gasteiger partial charge in [-0.3, -0.25) is 9.59 Å². The van der Waals surface area contributed by atoms with Crippen molar-refractivity contribution in [3.63, 3.8) is 0 Å². The Kier molecular flexibility index (Phi) is 2.21. The van der Waals surface area contributed by atoms with Crippen LogP contribution >= 0.6 is 0 Å². The van der Waals surface area contributed by atoms with Crippen LogP contribution in [0.3, 0.4) is 0 Å². The van der Waals surface area contributed by atoms with Gasteiger partial charge in [0.05, 0.1) is 26.1 Å². The van der Waals surface area contributed by atoms with Crippen LogP contribution in [0.1, 0.15) is 12.8 Å². The molecule has 0 unspecified atom stereocenters. The minimum Gasteiger partial charge on any atom is -0.469 e. The zero-order chi connectivity index (χ0) is 10.3. The number of hydrogen-bond acceptors (Lipinski definition) is 4. The van der Waals surface area contributed by atoms with E-state index in [1.807, 2.05) is 0 Å². The predicted molar refractivity (Wildman–Crippen MR) is 47.2 cm³/mol. The third-order valence-electron chi connectivity index (χ3n) is 3.64. The molecule has 4 atom stereocenters. The molecule has 0 aromatic rings. The van der Waals surface area contributed by atoms with Crippen LogP contribution in [-0.2, 0) is 19.1 Å². The molecule has 0 aliphatic heterocycles. The Morgan fingerprint density at radius 2 is 1.29 bits per heavy atom. The van der Waals surface area contributed by atoms with Gasteiger partial charge in [-0.25, -0.2) is 0 Å². The lowest BCUT2D eigenvalue weighted by molar-refractivity contribution is -0.191. The van der Waals surface area contributed by atoms with Crippen LogP contribution in [0, 0.1) is 23.7 Å². The molecule has 0 aromatic carbocycles. The first-order chi connectivity index (χ1) is 6.70. The van der Waals surface area contributed by atoms with Gasteiger partial charge < -0.3 is 9.47 Å². The average molecular weight is 198 g/mol. The van der Waals surface area contributed by atoms with Gasteiger partial charge in [0.1, 0.15) is 0 Å². The van der Waals surface area contributed by atoms with E-state index in [-0.39, 0.29) is 23.8 Å². The number of esters is 2. The summed E-state index contributed by atoms with van der Waals surface area (Å²) in [6.45, 7) is 0. The van der Waals surface area contributed by atoms with Crippen molar-refractivity contribution < 1.29 is 19.1 Å². The van der Waals surface area contributed by atoms with Gasteiger partial charge >= 0.3 is 11.9 Å². The lowest BCUT2D eigenvalue weighted by Gasteiger charge is -2.56. The molecule has 2 aliphatic carbocycles. The van der Waals surface area contributed by atoms with Crippen LogP contribution in [0.4, 0.5) is 0 Å². The highest BCUT2D eigenvalue weighted by Gasteiger charge is 2.62. The largest absolute Gasteiger partial charge is 0.469 e. The number of rotatable bonds is 2. The van der Waals surface area contributed by atoms with E-state index in [2.05, 4.69) is 9.47 Å². The third-order valence-corrected chi connectivity index (χ3v) is 3.64. The SMILES string of the molecule is COC(=O)[C@@H]1[C@H]2CC[C@@H]2[C@@H]1C(=O)OC. The molecule has 0 radical (unpaired) electrons. The molecular weight excluding hydrogens is 184 g/mol. The molecule has 14 heavy (non-hydrogen) atoms. The molecule has 78 valence electrons. The topological polar surface area (TPSA) is 52.6 Å². The summed E-state index contributed by atoms with van der Waals surface area (Å²) in [7, 11) is 2.73. The second kappa shape index (κ2) is 3.26. The molecule has 2 fully saturated rings. The van der Waals surface area contributed by atoms with Crippen LogP contribution in [0.15, 0.2) is 0 Å². The van der Waals surface area contributed by atoms with E-state index in [0.29, 0.717) is 11.8 Å². The average Bonchev–Trinajstić information content (AvgIpc) is 2.18. The minimum absolute atomic E-state index is 0.244. The van der Waals surface area contributed by atoms with Crippen LogP contribution in [0.25, 0.3) is 0 Å². The van der Waals surface area contributed by atoms with Crippen molar-refractivity contribution in [1.29, 1.82) is 0 Å². The van der Waals surface area contributed by atoms with Crippen LogP contribution in [-0.4, -0.2) is 26.2 Å². The lowest BCUT2D eigenvalue weighted by Crippen LogP contribution is -2.59. The van der Waals surface area contributed by atoms with Crippen molar-refractivity contribution in [1.82, 2.24) is 0 Å². The minimum atomic E-state index is -0.263. The molecule has 2 aliphatic rings. The number of carbonyl (C=O) groups is 2. The van der Waals surface area contributed by atoms with Gasteiger partial charge in [0.15, 0.2) is 0 Å². The summed E-state index contributed by atoms with van der Waals surface area (Å²) in [4.78, 5) is 22.8. The maximum Gasteiger partial charge on any atom is 0.309 e. The fourth-order valence-corrected chi connectivity index (χ4v) is 2.75. The van der Waals surface area contributed by atoms with Crippen molar-refractivity contribution >= 4 is 11.9 Å². The van der Waals surface area contributed by atoms with Crippen LogP contribution in [0.2, 0.25) is 0 Å². The molecule has 0 spiro atoms. The number of ether oxygens (including phenoxy) is 2. The zero-order valence-electron chi connectivity index (χ0n) is 8.36. The fourth-order valence-electron chi connectivity index (χ4n) is 2.75. The highest BCUT2D eigenvalue weighted by molar-refractivity contribution is 5.85. The molecule has 2 saturated carbocycles. The molecule has 0 heterocycles. The summed E-state index contributed by atoms with van der Waals surface area (Å²) in [6.07, 6.45) is 2.08. The summed E-state index contributed by atoms with van der Waals surface area (Å²) in [6, 6.07) is 0. The molecule has 2 rings (SSSR count). The molecule has 0 N–H and O–H groups in total.